The molecule has 1 amide bonds. The smallest absolute Gasteiger partial charge is 0.222 e. The molecule has 0 bridgehead atoms. The number of nitrogens with zero attached hydrogens (tertiary/aromatic N) is 3. The third-order valence-corrected chi connectivity index (χ3v) is 4.96. The van der Waals surface area contributed by atoms with Crippen molar-refractivity contribution in [3.63, 3.8) is 0 Å². The van der Waals surface area contributed by atoms with Crippen LogP contribution in [0.4, 0.5) is 0 Å². The molecule has 3 heterocycles. The second-order valence-electron chi connectivity index (χ2n) is 6.20. The number of hydrogen-bond acceptors (Lipinski definition) is 6. The Morgan fingerprint density at radius 1 is 1.24 bits per heavy atom. The van der Waals surface area contributed by atoms with E-state index in [0.717, 1.165) is 16.4 Å². The topological polar surface area (TPSA) is 72.4 Å². The van der Waals surface area contributed by atoms with Crippen molar-refractivity contribution in [3.05, 3.63) is 39.6 Å². The monoisotopic (exact) mass is 359 g/mol. The summed E-state index contributed by atoms with van der Waals surface area (Å²) in [5.41, 5.74) is 2.05. The molecule has 0 aromatic carbocycles. The molecule has 6 nitrogen and oxygen atoms in total. The van der Waals surface area contributed by atoms with Crippen LogP contribution in [-0.4, -0.2) is 45.8 Å². The minimum absolute atomic E-state index is 0.0261. The summed E-state index contributed by atoms with van der Waals surface area (Å²) in [7, 11) is 0. The van der Waals surface area contributed by atoms with Gasteiger partial charge < -0.3 is 9.64 Å². The van der Waals surface area contributed by atoms with Crippen molar-refractivity contribution in [1.82, 2.24) is 14.9 Å². The molecule has 0 N–H and O–H groups in total. The highest BCUT2D eigenvalue weighted by atomic mass is 32.1. The van der Waals surface area contributed by atoms with Crippen LogP contribution in [0.25, 0.3) is 0 Å². The van der Waals surface area contributed by atoms with Crippen molar-refractivity contribution in [2.45, 2.75) is 39.7 Å². The first kappa shape index (κ1) is 17.5. The Balaban J connectivity index is 1.64. The average Bonchev–Trinajstić information content (AvgIpc) is 2.94. The summed E-state index contributed by atoms with van der Waals surface area (Å²) in [6.45, 7) is 6.79. The number of ketones is 1. The summed E-state index contributed by atoms with van der Waals surface area (Å²) < 4.78 is 5.90. The molecule has 1 fully saturated rings. The molecule has 3 rings (SSSR count). The normalized spacial score (nSPS) is 14.3. The third-order valence-electron chi connectivity index (χ3n) is 4.00. The molecule has 132 valence electrons. The summed E-state index contributed by atoms with van der Waals surface area (Å²) >= 11 is 1.48. The minimum atomic E-state index is -0.0701. The molecule has 0 unspecified atom stereocenters. The Hall–Kier alpha value is -2.28. The Bertz CT molecular complexity index is 797. The van der Waals surface area contributed by atoms with Crippen molar-refractivity contribution in [3.8, 4) is 5.75 Å². The number of pyridine rings is 1. The number of hydrogen-bond donors (Lipinski definition) is 0. The lowest BCUT2D eigenvalue weighted by atomic mass is 10.1. The molecule has 0 spiro atoms. The van der Waals surface area contributed by atoms with Crippen LogP contribution in [0.15, 0.2) is 17.5 Å². The Kier molecular flexibility index (Phi) is 5.13. The maximum absolute atomic E-state index is 12.5. The Morgan fingerprint density at radius 2 is 2.00 bits per heavy atom. The highest BCUT2D eigenvalue weighted by Gasteiger charge is 2.31. The van der Waals surface area contributed by atoms with Gasteiger partial charge in [-0.1, -0.05) is 6.92 Å². The highest BCUT2D eigenvalue weighted by Crippen LogP contribution is 2.21. The lowest BCUT2D eigenvalue weighted by molar-refractivity contribution is -0.139. The number of amides is 1. The summed E-state index contributed by atoms with van der Waals surface area (Å²) in [4.78, 5) is 34.5. The number of aryl methyl sites for hydroxylation is 2. The van der Waals surface area contributed by atoms with Crippen LogP contribution in [0.5, 0.6) is 5.75 Å². The molecular weight excluding hydrogens is 338 g/mol. The van der Waals surface area contributed by atoms with E-state index >= 15 is 0 Å². The first-order valence-corrected chi connectivity index (χ1v) is 9.20. The van der Waals surface area contributed by atoms with E-state index in [1.165, 1.54) is 11.3 Å². The number of carbonyl (C=O) groups excluding carboxylic acids is 2. The van der Waals surface area contributed by atoms with E-state index in [0.29, 0.717) is 31.0 Å². The molecule has 1 aliphatic heterocycles. The minimum Gasteiger partial charge on any atom is -0.487 e. The number of likely N-dealkylation sites (tertiary alicyclic amines) is 1. The molecule has 0 aliphatic carbocycles. The Labute approximate surface area is 150 Å². The van der Waals surface area contributed by atoms with Gasteiger partial charge in [0.1, 0.15) is 22.6 Å². The standard InChI is InChI=1S/C18H21N3O3S/c1-4-18(23)21-8-14(9-21)24-13-5-11(2)19-15(6-13)16(22)7-17-20-12(3)10-25-17/h5-6,10,14H,4,7-9H2,1-3H3. The van der Waals surface area contributed by atoms with E-state index in [9.17, 15) is 9.59 Å². The summed E-state index contributed by atoms with van der Waals surface area (Å²) in [5, 5.41) is 2.72. The van der Waals surface area contributed by atoms with Crippen LogP contribution in [0.3, 0.4) is 0 Å². The molecule has 0 atom stereocenters. The fraction of sp³-hybridized carbons (Fsp3) is 0.444. The van der Waals surface area contributed by atoms with E-state index < -0.39 is 0 Å². The second kappa shape index (κ2) is 7.31. The van der Waals surface area contributed by atoms with E-state index in [1.54, 1.807) is 11.0 Å². The van der Waals surface area contributed by atoms with Gasteiger partial charge in [0.25, 0.3) is 0 Å². The molecule has 7 heteroatoms. The highest BCUT2D eigenvalue weighted by molar-refractivity contribution is 7.09. The number of ether oxygens (including phenoxy) is 1. The van der Waals surface area contributed by atoms with Gasteiger partial charge in [-0.25, -0.2) is 9.97 Å². The van der Waals surface area contributed by atoms with Gasteiger partial charge in [0.2, 0.25) is 5.91 Å². The van der Waals surface area contributed by atoms with Crippen molar-refractivity contribution in [2.75, 3.05) is 13.1 Å². The number of aromatic nitrogens is 2. The SMILES string of the molecule is CCC(=O)N1CC(Oc2cc(C)nc(C(=O)Cc3nc(C)cs3)c2)C1. The van der Waals surface area contributed by atoms with Crippen molar-refractivity contribution >= 4 is 23.0 Å². The van der Waals surface area contributed by atoms with Gasteiger partial charge in [-0.05, 0) is 13.8 Å². The fourth-order valence-corrected chi connectivity index (χ4v) is 3.46. The molecule has 0 radical (unpaired) electrons. The van der Waals surface area contributed by atoms with E-state index in [2.05, 4.69) is 9.97 Å². The zero-order valence-electron chi connectivity index (χ0n) is 14.6. The van der Waals surface area contributed by atoms with Crippen molar-refractivity contribution in [2.24, 2.45) is 0 Å². The van der Waals surface area contributed by atoms with Crippen LogP contribution in [0, 0.1) is 13.8 Å². The number of rotatable bonds is 6. The molecule has 25 heavy (non-hydrogen) atoms. The van der Waals surface area contributed by atoms with Gasteiger partial charge >= 0.3 is 0 Å². The number of carbonyl (C=O) groups is 2. The van der Waals surface area contributed by atoms with Crippen molar-refractivity contribution in [1.29, 1.82) is 0 Å². The first-order valence-electron chi connectivity index (χ1n) is 8.32. The van der Waals surface area contributed by atoms with E-state index in [1.807, 2.05) is 32.2 Å². The molecular formula is C18H21N3O3S. The lowest BCUT2D eigenvalue weighted by Crippen LogP contribution is -2.56. The predicted molar refractivity (Wildman–Crippen MR) is 95.1 cm³/mol. The van der Waals surface area contributed by atoms with E-state index in [-0.39, 0.29) is 24.2 Å². The maximum Gasteiger partial charge on any atom is 0.222 e. The number of Topliss-reactive ketones (excluding diaryl/α,β-unsaturated/α-hetero) is 1. The van der Waals surface area contributed by atoms with Gasteiger partial charge in [0.15, 0.2) is 5.78 Å². The van der Waals surface area contributed by atoms with Crippen LogP contribution >= 0.6 is 11.3 Å². The zero-order chi connectivity index (χ0) is 18.0. The number of thiazole rings is 1. The van der Waals surface area contributed by atoms with E-state index in [4.69, 9.17) is 4.74 Å². The third kappa shape index (κ3) is 4.22. The summed E-state index contributed by atoms with van der Waals surface area (Å²) in [5.74, 6) is 0.694. The van der Waals surface area contributed by atoms with Crippen LogP contribution in [0.1, 0.15) is 40.2 Å². The second-order valence-corrected chi connectivity index (χ2v) is 7.15. The molecule has 0 saturated carbocycles. The molecule has 2 aromatic rings. The van der Waals surface area contributed by atoms with Crippen LogP contribution < -0.4 is 4.74 Å². The van der Waals surface area contributed by atoms with Crippen LogP contribution in [0.2, 0.25) is 0 Å². The molecule has 2 aromatic heterocycles. The quantitative estimate of drug-likeness (QED) is 0.741. The van der Waals surface area contributed by atoms with Gasteiger partial charge in [-0.3, -0.25) is 9.59 Å². The summed E-state index contributed by atoms with van der Waals surface area (Å²) in [6.07, 6.45) is 0.730. The molecule has 1 saturated heterocycles. The summed E-state index contributed by atoms with van der Waals surface area (Å²) in [6, 6.07) is 3.49. The van der Waals surface area contributed by atoms with Gasteiger partial charge in [-0.2, -0.15) is 0 Å². The maximum atomic E-state index is 12.5. The predicted octanol–water partition coefficient (Wildman–Crippen LogP) is 2.58. The average molecular weight is 359 g/mol. The largest absolute Gasteiger partial charge is 0.487 e. The lowest BCUT2D eigenvalue weighted by Gasteiger charge is -2.38. The van der Waals surface area contributed by atoms with Gasteiger partial charge in [0, 0.05) is 35.3 Å². The molecule has 1 aliphatic rings. The van der Waals surface area contributed by atoms with Crippen LogP contribution in [-0.2, 0) is 11.2 Å². The Morgan fingerprint density at radius 3 is 2.64 bits per heavy atom. The first-order chi connectivity index (χ1) is 11.9. The zero-order valence-corrected chi connectivity index (χ0v) is 15.4. The fourth-order valence-electron chi connectivity index (χ4n) is 2.69. The van der Waals surface area contributed by atoms with Gasteiger partial charge in [-0.15, -0.1) is 11.3 Å². The van der Waals surface area contributed by atoms with Gasteiger partial charge in [0.05, 0.1) is 19.5 Å². The van der Waals surface area contributed by atoms with Crippen molar-refractivity contribution < 1.29 is 14.3 Å².